The van der Waals surface area contributed by atoms with Crippen LogP contribution in [0.15, 0.2) is 48.7 Å². The van der Waals surface area contributed by atoms with Crippen molar-refractivity contribution in [1.29, 1.82) is 0 Å². The minimum absolute atomic E-state index is 0.201. The average Bonchev–Trinajstić information content (AvgIpc) is 2.80. The number of nitrogen functional groups attached to an aromatic ring is 1. The second-order valence-electron chi connectivity index (χ2n) is 7.40. The first kappa shape index (κ1) is 23.6. The van der Waals surface area contributed by atoms with E-state index in [9.17, 15) is 9.90 Å². The van der Waals surface area contributed by atoms with E-state index in [4.69, 9.17) is 17.3 Å². The molecule has 0 aliphatic carbocycles. The van der Waals surface area contributed by atoms with E-state index in [0.717, 1.165) is 29.4 Å². The number of hydrogen-bond acceptors (Lipinski definition) is 5. The topological polar surface area (TPSA) is 91.5 Å². The Kier molecular flexibility index (Phi) is 8.07. The maximum absolute atomic E-state index is 12.4. The minimum Gasteiger partial charge on any atom is -0.390 e. The normalized spacial score (nSPS) is 11.8. The van der Waals surface area contributed by atoms with Crippen molar-refractivity contribution in [3.05, 3.63) is 70.4 Å². The van der Waals surface area contributed by atoms with Crippen molar-refractivity contribution in [2.24, 2.45) is 0 Å². The summed E-state index contributed by atoms with van der Waals surface area (Å²) in [4.78, 5) is 18.7. The summed E-state index contributed by atoms with van der Waals surface area (Å²) in [6.45, 7) is 6.53. The van der Waals surface area contributed by atoms with Crippen molar-refractivity contribution in [3.8, 4) is 11.8 Å². The number of anilines is 1. The Morgan fingerprint density at radius 3 is 2.56 bits per heavy atom. The van der Waals surface area contributed by atoms with Crippen molar-refractivity contribution in [2.75, 3.05) is 31.9 Å². The minimum atomic E-state index is -0.614. The second-order valence-corrected chi connectivity index (χ2v) is 7.80. The molecule has 1 amide bonds. The Labute approximate surface area is 193 Å². The number of nitrogens with one attached hydrogen (secondary N) is 1. The van der Waals surface area contributed by atoms with Crippen LogP contribution in [0.1, 0.15) is 35.3 Å². The van der Waals surface area contributed by atoms with Gasteiger partial charge in [0.25, 0.3) is 5.91 Å². The van der Waals surface area contributed by atoms with E-state index < -0.39 is 6.10 Å². The second kappa shape index (κ2) is 11.0. The zero-order valence-electron chi connectivity index (χ0n) is 18.2. The Morgan fingerprint density at radius 2 is 1.88 bits per heavy atom. The van der Waals surface area contributed by atoms with Crippen LogP contribution in [0.4, 0.5) is 5.82 Å². The van der Waals surface area contributed by atoms with Gasteiger partial charge in [-0.3, -0.25) is 4.79 Å². The fraction of sp³-hybridized carbons (Fsp3) is 0.280. The molecule has 2 aromatic carbocycles. The lowest BCUT2D eigenvalue weighted by atomic mass is 10.1. The number of halogens is 1. The average molecular weight is 451 g/mol. The van der Waals surface area contributed by atoms with Gasteiger partial charge in [-0.05, 0) is 43.4 Å². The number of carbonyl (C=O) groups is 1. The van der Waals surface area contributed by atoms with Gasteiger partial charge in [0.1, 0.15) is 5.82 Å². The third-order valence-electron chi connectivity index (χ3n) is 5.25. The Morgan fingerprint density at radius 1 is 1.16 bits per heavy atom. The predicted octanol–water partition coefficient (Wildman–Crippen LogP) is 3.30. The number of likely N-dealkylation sites (N-methyl/N-ethyl adjacent to an activating group) is 1. The van der Waals surface area contributed by atoms with E-state index in [1.54, 1.807) is 36.5 Å². The number of fused-ring (bicyclic) bond motifs is 1. The molecule has 3 aromatic rings. The zero-order chi connectivity index (χ0) is 23.1. The van der Waals surface area contributed by atoms with Crippen LogP contribution >= 0.6 is 11.6 Å². The maximum atomic E-state index is 12.4. The molecule has 0 fully saturated rings. The molecule has 0 bridgehead atoms. The van der Waals surface area contributed by atoms with Gasteiger partial charge in [0, 0.05) is 46.2 Å². The molecule has 1 unspecified atom stereocenters. The molecule has 3 rings (SSSR count). The van der Waals surface area contributed by atoms with Gasteiger partial charge >= 0.3 is 0 Å². The summed E-state index contributed by atoms with van der Waals surface area (Å²) in [5, 5.41) is 15.1. The Bertz CT molecular complexity index is 1150. The molecular weight excluding hydrogens is 424 g/mol. The first-order valence-electron chi connectivity index (χ1n) is 10.6. The van der Waals surface area contributed by atoms with Crippen LogP contribution in [0.2, 0.25) is 5.02 Å². The smallest absolute Gasteiger partial charge is 0.251 e. The zero-order valence-corrected chi connectivity index (χ0v) is 19.0. The number of carbonyl (C=O) groups excluding carboxylic acids is 1. The number of nitrogens with two attached hydrogens (primary N) is 1. The fourth-order valence-electron chi connectivity index (χ4n) is 3.35. The van der Waals surface area contributed by atoms with Crippen molar-refractivity contribution >= 4 is 34.1 Å². The molecule has 0 saturated heterocycles. The first-order valence-corrected chi connectivity index (χ1v) is 10.9. The monoisotopic (exact) mass is 450 g/mol. The lowest BCUT2D eigenvalue weighted by Gasteiger charge is -2.22. The molecule has 1 aromatic heterocycles. The molecule has 6 nitrogen and oxygen atoms in total. The van der Waals surface area contributed by atoms with E-state index in [1.807, 2.05) is 26.0 Å². The van der Waals surface area contributed by atoms with Gasteiger partial charge in [0.2, 0.25) is 0 Å². The highest BCUT2D eigenvalue weighted by atomic mass is 35.5. The van der Waals surface area contributed by atoms with Gasteiger partial charge in [-0.2, -0.15) is 0 Å². The summed E-state index contributed by atoms with van der Waals surface area (Å²) in [5.41, 5.74) is 7.90. The highest BCUT2D eigenvalue weighted by Gasteiger charge is 2.12. The van der Waals surface area contributed by atoms with E-state index in [1.165, 1.54) is 0 Å². The largest absolute Gasteiger partial charge is 0.390 e. The number of benzene rings is 2. The molecular formula is C25H27ClN4O2. The van der Waals surface area contributed by atoms with E-state index >= 15 is 0 Å². The Balaban J connectivity index is 1.68. The SMILES string of the molecule is CCN(CC)CC(O)CNC(=O)c1ccc(C#Cc2c(N)ncc3c(Cl)cccc23)cc1. The van der Waals surface area contributed by atoms with Crippen LogP contribution in [0, 0.1) is 11.8 Å². The lowest BCUT2D eigenvalue weighted by Crippen LogP contribution is -2.40. The standard InChI is InChI=1S/C25H27ClN4O2/c1-3-30(4-2)16-19(31)14-29-25(32)18-11-8-17(9-12-18)10-13-21-20-6-5-7-23(26)22(20)15-28-24(21)27/h5-9,11-12,15,19,31H,3-4,14,16H2,1-2H3,(H2,27,28)(H,29,32). The number of aromatic nitrogens is 1. The van der Waals surface area contributed by atoms with Gasteiger partial charge in [0.15, 0.2) is 0 Å². The van der Waals surface area contributed by atoms with Gasteiger partial charge in [-0.1, -0.05) is 49.4 Å². The predicted molar refractivity (Wildman–Crippen MR) is 130 cm³/mol. The third-order valence-corrected chi connectivity index (χ3v) is 5.58. The molecule has 32 heavy (non-hydrogen) atoms. The molecule has 4 N–H and O–H groups in total. The van der Waals surface area contributed by atoms with Crippen LogP contribution in [0.3, 0.4) is 0 Å². The van der Waals surface area contributed by atoms with Gasteiger partial charge in [0.05, 0.1) is 11.7 Å². The van der Waals surface area contributed by atoms with Gasteiger partial charge in [-0.15, -0.1) is 0 Å². The van der Waals surface area contributed by atoms with Crippen LogP contribution in [-0.4, -0.2) is 53.2 Å². The number of aliphatic hydroxyl groups is 1. The van der Waals surface area contributed by atoms with Crippen molar-refractivity contribution in [1.82, 2.24) is 15.2 Å². The molecule has 1 heterocycles. The number of hydrogen-bond donors (Lipinski definition) is 3. The summed E-state index contributed by atoms with van der Waals surface area (Å²) in [5.74, 6) is 6.26. The summed E-state index contributed by atoms with van der Waals surface area (Å²) < 4.78 is 0. The molecule has 1 atom stereocenters. The van der Waals surface area contributed by atoms with Crippen LogP contribution in [-0.2, 0) is 0 Å². The van der Waals surface area contributed by atoms with Crippen molar-refractivity contribution < 1.29 is 9.90 Å². The maximum Gasteiger partial charge on any atom is 0.251 e. The summed E-state index contributed by atoms with van der Waals surface area (Å²) >= 11 is 6.25. The molecule has 0 radical (unpaired) electrons. The first-order chi connectivity index (χ1) is 15.4. The van der Waals surface area contributed by atoms with Crippen molar-refractivity contribution in [3.63, 3.8) is 0 Å². The molecule has 0 saturated carbocycles. The number of nitrogens with zero attached hydrogens (tertiary/aromatic N) is 2. The summed E-state index contributed by atoms with van der Waals surface area (Å²) in [6, 6.07) is 12.5. The summed E-state index contributed by atoms with van der Waals surface area (Å²) in [6.07, 6.45) is 1.03. The molecule has 166 valence electrons. The Hall–Kier alpha value is -3.11. The van der Waals surface area contributed by atoms with Crippen LogP contribution < -0.4 is 11.1 Å². The lowest BCUT2D eigenvalue weighted by molar-refractivity contribution is 0.0869. The number of pyridine rings is 1. The molecule has 0 aliphatic rings. The van der Waals surface area contributed by atoms with Gasteiger partial charge in [-0.25, -0.2) is 4.98 Å². The fourth-order valence-corrected chi connectivity index (χ4v) is 3.57. The molecule has 0 aliphatic heterocycles. The van der Waals surface area contributed by atoms with Crippen molar-refractivity contribution in [2.45, 2.75) is 20.0 Å². The highest BCUT2D eigenvalue weighted by Crippen LogP contribution is 2.27. The van der Waals surface area contributed by atoms with Crippen LogP contribution in [0.5, 0.6) is 0 Å². The van der Waals surface area contributed by atoms with E-state index in [2.05, 4.69) is 27.0 Å². The number of aliphatic hydroxyl groups excluding tert-OH is 1. The highest BCUT2D eigenvalue weighted by molar-refractivity contribution is 6.35. The number of amides is 1. The summed E-state index contributed by atoms with van der Waals surface area (Å²) in [7, 11) is 0. The quantitative estimate of drug-likeness (QED) is 0.480. The molecule has 7 heteroatoms. The third kappa shape index (κ3) is 5.77. The number of rotatable bonds is 7. The van der Waals surface area contributed by atoms with Crippen LogP contribution in [0.25, 0.3) is 10.8 Å². The van der Waals surface area contributed by atoms with E-state index in [-0.39, 0.29) is 12.5 Å². The molecule has 0 spiro atoms. The van der Waals surface area contributed by atoms with E-state index in [0.29, 0.717) is 28.5 Å². The van der Waals surface area contributed by atoms with Gasteiger partial charge < -0.3 is 21.1 Å².